The summed E-state index contributed by atoms with van der Waals surface area (Å²) in [5.74, 6) is -0.201. The van der Waals surface area contributed by atoms with Crippen molar-refractivity contribution in [3.8, 4) is 0 Å². The van der Waals surface area contributed by atoms with Gasteiger partial charge in [0, 0.05) is 18.1 Å². The van der Waals surface area contributed by atoms with Crippen LogP contribution in [-0.4, -0.2) is 25.9 Å². The number of pyridine rings is 1. The molecular formula is C9H8ClN5O. The Bertz CT molecular complexity index is 484. The fraction of sp³-hybridized carbons (Fsp3) is 0.111. The van der Waals surface area contributed by atoms with Gasteiger partial charge >= 0.3 is 0 Å². The summed E-state index contributed by atoms with van der Waals surface area (Å²) >= 11 is 5.68. The molecule has 0 bridgehead atoms. The fourth-order valence-corrected chi connectivity index (χ4v) is 1.32. The third-order valence-corrected chi connectivity index (χ3v) is 1.99. The van der Waals surface area contributed by atoms with E-state index in [1.807, 2.05) is 0 Å². The van der Waals surface area contributed by atoms with Crippen LogP contribution >= 0.6 is 11.6 Å². The summed E-state index contributed by atoms with van der Waals surface area (Å²) in [5, 5.41) is 10.3. The van der Waals surface area contributed by atoms with Crippen molar-refractivity contribution >= 4 is 23.2 Å². The van der Waals surface area contributed by atoms with Crippen molar-refractivity contribution in [2.24, 2.45) is 0 Å². The first-order valence-electron chi connectivity index (χ1n) is 4.49. The number of rotatable bonds is 3. The number of amides is 1. The Kier molecular flexibility index (Phi) is 3.11. The van der Waals surface area contributed by atoms with Crippen LogP contribution in [0.15, 0.2) is 30.7 Å². The van der Waals surface area contributed by atoms with Crippen molar-refractivity contribution in [1.29, 1.82) is 0 Å². The number of carbonyl (C=O) groups is 1. The quantitative estimate of drug-likeness (QED) is 0.808. The largest absolute Gasteiger partial charge is 0.324 e. The van der Waals surface area contributed by atoms with Crippen molar-refractivity contribution < 1.29 is 4.79 Å². The Balaban J connectivity index is 1.97. The molecule has 82 valence electrons. The first-order chi connectivity index (χ1) is 7.74. The number of carbonyl (C=O) groups excluding carboxylic acids is 1. The van der Waals surface area contributed by atoms with Gasteiger partial charge in [-0.25, -0.2) is 9.67 Å². The van der Waals surface area contributed by atoms with E-state index in [0.717, 1.165) is 0 Å². The number of anilines is 1. The van der Waals surface area contributed by atoms with Crippen LogP contribution in [0.1, 0.15) is 0 Å². The molecule has 0 spiro atoms. The molecule has 16 heavy (non-hydrogen) atoms. The van der Waals surface area contributed by atoms with E-state index in [2.05, 4.69) is 20.6 Å². The third-order valence-electron chi connectivity index (χ3n) is 1.79. The lowest BCUT2D eigenvalue weighted by Gasteiger charge is -2.04. The fourth-order valence-electron chi connectivity index (χ4n) is 1.14. The zero-order valence-corrected chi connectivity index (χ0v) is 8.92. The van der Waals surface area contributed by atoms with Gasteiger partial charge in [-0.15, -0.1) is 5.10 Å². The second-order valence-corrected chi connectivity index (χ2v) is 3.40. The number of nitrogens with zero attached hydrogens (tertiary/aromatic N) is 4. The Hall–Kier alpha value is -1.95. The standard InChI is InChI=1S/C9H8ClN5O/c10-8-5-7(1-2-11-8)13-9(16)6-15-4-3-12-14-15/h1-5H,6H2,(H,11,13,16). The van der Waals surface area contributed by atoms with Crippen molar-refractivity contribution in [2.45, 2.75) is 6.54 Å². The Morgan fingerprint density at radius 1 is 1.50 bits per heavy atom. The minimum Gasteiger partial charge on any atom is -0.324 e. The lowest BCUT2D eigenvalue weighted by Crippen LogP contribution is -2.19. The Labute approximate surface area is 96.2 Å². The highest BCUT2D eigenvalue weighted by molar-refractivity contribution is 6.29. The first kappa shape index (κ1) is 10.6. The smallest absolute Gasteiger partial charge is 0.246 e. The summed E-state index contributed by atoms with van der Waals surface area (Å²) in [5.41, 5.74) is 0.602. The molecule has 0 radical (unpaired) electrons. The van der Waals surface area contributed by atoms with Crippen molar-refractivity contribution in [2.75, 3.05) is 5.32 Å². The van der Waals surface area contributed by atoms with Crippen LogP contribution in [0, 0.1) is 0 Å². The zero-order valence-electron chi connectivity index (χ0n) is 8.17. The molecule has 0 aliphatic carbocycles. The number of halogens is 1. The van der Waals surface area contributed by atoms with Crippen molar-refractivity contribution in [1.82, 2.24) is 20.0 Å². The molecule has 0 aliphatic heterocycles. The van der Waals surface area contributed by atoms with E-state index in [4.69, 9.17) is 11.6 Å². The Morgan fingerprint density at radius 2 is 2.38 bits per heavy atom. The normalized spacial score (nSPS) is 10.1. The molecule has 2 heterocycles. The summed E-state index contributed by atoms with van der Waals surface area (Å²) < 4.78 is 1.43. The van der Waals surface area contributed by atoms with Gasteiger partial charge < -0.3 is 5.32 Å². The van der Waals surface area contributed by atoms with Gasteiger partial charge in [-0.3, -0.25) is 4.79 Å². The molecule has 0 aromatic carbocycles. The van der Waals surface area contributed by atoms with Gasteiger partial charge in [0.2, 0.25) is 5.91 Å². The number of aromatic nitrogens is 4. The molecule has 2 rings (SSSR count). The maximum Gasteiger partial charge on any atom is 0.246 e. The molecule has 7 heteroatoms. The number of hydrogen-bond acceptors (Lipinski definition) is 4. The van der Waals surface area contributed by atoms with Gasteiger partial charge in [0.15, 0.2) is 0 Å². The minimum atomic E-state index is -0.201. The third kappa shape index (κ3) is 2.77. The van der Waals surface area contributed by atoms with Gasteiger partial charge in [-0.2, -0.15) is 0 Å². The molecule has 0 unspecified atom stereocenters. The predicted molar refractivity (Wildman–Crippen MR) is 57.9 cm³/mol. The highest BCUT2D eigenvalue weighted by atomic mass is 35.5. The van der Waals surface area contributed by atoms with Gasteiger partial charge in [0.1, 0.15) is 11.7 Å². The predicted octanol–water partition coefficient (Wildman–Crippen LogP) is 0.965. The monoisotopic (exact) mass is 237 g/mol. The molecule has 1 N–H and O–H groups in total. The number of nitrogens with one attached hydrogen (secondary N) is 1. The van der Waals surface area contributed by atoms with Gasteiger partial charge in [-0.1, -0.05) is 16.8 Å². The molecule has 0 saturated heterocycles. The summed E-state index contributed by atoms with van der Waals surface area (Å²) in [6, 6.07) is 3.23. The van der Waals surface area contributed by atoms with Crippen LogP contribution in [0.2, 0.25) is 5.15 Å². The van der Waals surface area contributed by atoms with Crippen molar-refractivity contribution in [3.05, 3.63) is 35.9 Å². The van der Waals surface area contributed by atoms with E-state index >= 15 is 0 Å². The summed E-state index contributed by atoms with van der Waals surface area (Å²) in [6.45, 7) is 0.111. The van der Waals surface area contributed by atoms with E-state index in [-0.39, 0.29) is 12.5 Å². The van der Waals surface area contributed by atoms with Crippen LogP contribution in [-0.2, 0) is 11.3 Å². The van der Waals surface area contributed by atoms with E-state index < -0.39 is 0 Å². The zero-order chi connectivity index (χ0) is 11.4. The summed E-state index contributed by atoms with van der Waals surface area (Å²) in [7, 11) is 0. The summed E-state index contributed by atoms with van der Waals surface area (Å²) in [4.78, 5) is 15.3. The van der Waals surface area contributed by atoms with Gasteiger partial charge in [0.05, 0.1) is 6.20 Å². The number of hydrogen-bond donors (Lipinski definition) is 1. The Morgan fingerprint density at radius 3 is 3.06 bits per heavy atom. The van der Waals surface area contributed by atoms with Crippen LogP contribution in [0.5, 0.6) is 0 Å². The topological polar surface area (TPSA) is 72.7 Å². The summed E-state index contributed by atoms with van der Waals surface area (Å²) in [6.07, 6.45) is 4.64. The highest BCUT2D eigenvalue weighted by Crippen LogP contribution is 2.11. The maximum absolute atomic E-state index is 11.5. The SMILES string of the molecule is O=C(Cn1ccnn1)Nc1ccnc(Cl)c1. The molecule has 0 saturated carbocycles. The van der Waals surface area contributed by atoms with Crippen LogP contribution in [0.25, 0.3) is 0 Å². The average Bonchev–Trinajstić information content (AvgIpc) is 2.70. The van der Waals surface area contributed by atoms with E-state index in [1.54, 1.807) is 18.3 Å². The highest BCUT2D eigenvalue weighted by Gasteiger charge is 2.04. The molecule has 0 atom stereocenters. The molecule has 1 amide bonds. The molecule has 0 aliphatic rings. The van der Waals surface area contributed by atoms with Crippen LogP contribution < -0.4 is 5.32 Å². The molecule has 0 fully saturated rings. The van der Waals surface area contributed by atoms with Crippen LogP contribution in [0.4, 0.5) is 5.69 Å². The van der Waals surface area contributed by atoms with E-state index in [9.17, 15) is 4.79 Å². The van der Waals surface area contributed by atoms with Crippen molar-refractivity contribution in [3.63, 3.8) is 0 Å². The van der Waals surface area contributed by atoms with Gasteiger partial charge in [0.25, 0.3) is 0 Å². The van der Waals surface area contributed by atoms with Crippen LogP contribution in [0.3, 0.4) is 0 Å². The lowest BCUT2D eigenvalue weighted by atomic mass is 10.4. The maximum atomic E-state index is 11.5. The molecule has 6 nitrogen and oxygen atoms in total. The lowest BCUT2D eigenvalue weighted by molar-refractivity contribution is -0.116. The second-order valence-electron chi connectivity index (χ2n) is 3.02. The van der Waals surface area contributed by atoms with Gasteiger partial charge in [-0.05, 0) is 12.1 Å². The molecule has 2 aromatic heterocycles. The second kappa shape index (κ2) is 4.71. The average molecular weight is 238 g/mol. The van der Waals surface area contributed by atoms with E-state index in [0.29, 0.717) is 10.8 Å². The van der Waals surface area contributed by atoms with E-state index in [1.165, 1.54) is 17.1 Å². The molecular weight excluding hydrogens is 230 g/mol. The minimum absolute atomic E-state index is 0.111. The first-order valence-corrected chi connectivity index (χ1v) is 4.87. The molecule has 2 aromatic rings.